The Morgan fingerprint density at radius 3 is 2.90 bits per heavy atom. The van der Waals surface area contributed by atoms with Crippen molar-refractivity contribution in [1.82, 2.24) is 9.78 Å². The van der Waals surface area contributed by atoms with Crippen LogP contribution in [-0.2, 0) is 0 Å². The quantitative estimate of drug-likeness (QED) is 0.668. The van der Waals surface area contributed by atoms with Crippen LogP contribution in [-0.4, -0.2) is 20.6 Å². The summed E-state index contributed by atoms with van der Waals surface area (Å²) >= 11 is 0. The van der Waals surface area contributed by atoms with Gasteiger partial charge >= 0.3 is 5.88 Å². The second kappa shape index (κ2) is 5.55. The van der Waals surface area contributed by atoms with Gasteiger partial charge in [-0.1, -0.05) is 6.92 Å². The molecular weight excluding hydrogens is 264 g/mol. The van der Waals surface area contributed by atoms with Crippen molar-refractivity contribution in [2.24, 2.45) is 0 Å². The lowest BCUT2D eigenvalue weighted by molar-refractivity contribution is -0.402. The van der Waals surface area contributed by atoms with E-state index in [9.17, 15) is 14.9 Å². The third-order valence-electron chi connectivity index (χ3n) is 2.92. The van der Waals surface area contributed by atoms with Gasteiger partial charge in [-0.3, -0.25) is 14.9 Å². The van der Waals surface area contributed by atoms with E-state index >= 15 is 0 Å². The molecule has 8 heteroatoms. The standard InChI is InChI=1S/C12H14N4O4/c1-3-8(2)15-10(6-7-13-15)14-12(17)9-4-5-11(20-9)16(18)19/h4-8H,3H2,1-2H3,(H,14,17). The minimum absolute atomic E-state index is 0.117. The van der Waals surface area contributed by atoms with Crippen molar-refractivity contribution in [3.8, 4) is 0 Å². The molecule has 0 aliphatic rings. The molecule has 0 bridgehead atoms. The fourth-order valence-electron chi connectivity index (χ4n) is 1.66. The first-order valence-electron chi connectivity index (χ1n) is 6.12. The lowest BCUT2D eigenvalue weighted by Crippen LogP contribution is -2.16. The predicted molar refractivity (Wildman–Crippen MR) is 70.5 cm³/mol. The van der Waals surface area contributed by atoms with E-state index in [1.54, 1.807) is 16.9 Å². The van der Waals surface area contributed by atoms with Crippen LogP contribution in [0.1, 0.15) is 36.9 Å². The summed E-state index contributed by atoms with van der Waals surface area (Å²) in [4.78, 5) is 21.8. The average Bonchev–Trinajstić information content (AvgIpc) is 3.06. The number of nitrogens with zero attached hydrogens (tertiary/aromatic N) is 3. The first kappa shape index (κ1) is 13.8. The molecule has 1 atom stereocenters. The van der Waals surface area contributed by atoms with E-state index in [1.807, 2.05) is 13.8 Å². The summed E-state index contributed by atoms with van der Waals surface area (Å²) in [7, 11) is 0. The maximum Gasteiger partial charge on any atom is 0.433 e. The number of carbonyl (C=O) groups excluding carboxylic acids is 1. The van der Waals surface area contributed by atoms with Gasteiger partial charge in [-0.05, 0) is 19.4 Å². The van der Waals surface area contributed by atoms with Gasteiger partial charge in [0.2, 0.25) is 0 Å². The molecule has 0 saturated heterocycles. The van der Waals surface area contributed by atoms with Crippen LogP contribution < -0.4 is 5.32 Å². The maximum absolute atomic E-state index is 11.9. The number of carbonyl (C=O) groups is 1. The molecule has 2 aromatic heterocycles. The van der Waals surface area contributed by atoms with E-state index in [-0.39, 0.29) is 11.8 Å². The molecule has 2 aromatic rings. The molecule has 0 aliphatic carbocycles. The van der Waals surface area contributed by atoms with Crippen molar-refractivity contribution in [3.05, 3.63) is 40.3 Å². The van der Waals surface area contributed by atoms with E-state index in [0.29, 0.717) is 5.82 Å². The lowest BCUT2D eigenvalue weighted by atomic mass is 10.3. The number of nitrogens with one attached hydrogen (secondary N) is 1. The van der Waals surface area contributed by atoms with Crippen LogP contribution in [0, 0.1) is 10.1 Å². The summed E-state index contributed by atoms with van der Waals surface area (Å²) in [6.07, 6.45) is 2.43. The molecular formula is C12H14N4O4. The first-order valence-corrected chi connectivity index (χ1v) is 6.12. The van der Waals surface area contributed by atoms with Gasteiger partial charge in [-0.15, -0.1) is 0 Å². The second-order valence-corrected chi connectivity index (χ2v) is 4.27. The van der Waals surface area contributed by atoms with Crippen LogP contribution in [0.3, 0.4) is 0 Å². The van der Waals surface area contributed by atoms with Crippen molar-refractivity contribution in [2.45, 2.75) is 26.3 Å². The predicted octanol–water partition coefficient (Wildman–Crippen LogP) is 2.61. The topological polar surface area (TPSA) is 103 Å². The molecule has 8 nitrogen and oxygen atoms in total. The molecule has 0 saturated carbocycles. The largest absolute Gasteiger partial charge is 0.433 e. The maximum atomic E-state index is 11.9. The van der Waals surface area contributed by atoms with Gasteiger partial charge in [0, 0.05) is 6.07 Å². The van der Waals surface area contributed by atoms with Crippen LogP contribution in [0.15, 0.2) is 28.8 Å². The van der Waals surface area contributed by atoms with E-state index in [2.05, 4.69) is 10.4 Å². The Balaban J connectivity index is 2.15. The van der Waals surface area contributed by atoms with E-state index in [0.717, 1.165) is 12.5 Å². The molecule has 1 unspecified atom stereocenters. The number of nitro groups is 1. The number of hydrogen-bond donors (Lipinski definition) is 1. The van der Waals surface area contributed by atoms with Crippen molar-refractivity contribution in [2.75, 3.05) is 5.32 Å². The minimum Gasteiger partial charge on any atom is -0.395 e. The molecule has 20 heavy (non-hydrogen) atoms. The average molecular weight is 278 g/mol. The number of aromatic nitrogens is 2. The molecule has 0 spiro atoms. The highest BCUT2D eigenvalue weighted by atomic mass is 16.6. The summed E-state index contributed by atoms with van der Waals surface area (Å²) in [5.74, 6) is -0.620. The van der Waals surface area contributed by atoms with Gasteiger partial charge in [0.25, 0.3) is 5.91 Å². The fraction of sp³-hybridized carbons (Fsp3) is 0.333. The second-order valence-electron chi connectivity index (χ2n) is 4.27. The summed E-state index contributed by atoms with van der Waals surface area (Å²) in [6, 6.07) is 4.19. The molecule has 0 aliphatic heterocycles. The van der Waals surface area contributed by atoms with Crippen LogP contribution >= 0.6 is 0 Å². The van der Waals surface area contributed by atoms with Crippen LogP contribution in [0.2, 0.25) is 0 Å². The molecule has 0 aromatic carbocycles. The lowest BCUT2D eigenvalue weighted by Gasteiger charge is -2.13. The SMILES string of the molecule is CCC(C)n1nccc1NC(=O)c1ccc([N+](=O)[O-])o1. The van der Waals surface area contributed by atoms with Crippen molar-refractivity contribution in [3.63, 3.8) is 0 Å². The van der Waals surface area contributed by atoms with Crippen molar-refractivity contribution < 1.29 is 14.1 Å². The van der Waals surface area contributed by atoms with Crippen LogP contribution in [0.5, 0.6) is 0 Å². The van der Waals surface area contributed by atoms with Crippen LogP contribution in [0.25, 0.3) is 0 Å². The smallest absolute Gasteiger partial charge is 0.395 e. The summed E-state index contributed by atoms with van der Waals surface area (Å²) < 4.78 is 6.52. The molecule has 106 valence electrons. The number of amides is 1. The number of hydrogen-bond acceptors (Lipinski definition) is 5. The third-order valence-corrected chi connectivity index (χ3v) is 2.92. The van der Waals surface area contributed by atoms with Gasteiger partial charge in [0.05, 0.1) is 18.3 Å². The first-order chi connectivity index (χ1) is 9.52. The van der Waals surface area contributed by atoms with E-state index in [1.165, 1.54) is 6.07 Å². The van der Waals surface area contributed by atoms with Gasteiger partial charge in [-0.25, -0.2) is 4.68 Å². The summed E-state index contributed by atoms with van der Waals surface area (Å²) in [5, 5.41) is 17.3. The Labute approximate surface area is 114 Å². The molecule has 1 amide bonds. The molecule has 0 radical (unpaired) electrons. The zero-order chi connectivity index (χ0) is 14.7. The summed E-state index contributed by atoms with van der Waals surface area (Å²) in [6.45, 7) is 3.98. The number of furan rings is 1. The van der Waals surface area contributed by atoms with Gasteiger partial charge in [0.1, 0.15) is 10.7 Å². The highest BCUT2D eigenvalue weighted by Crippen LogP contribution is 2.19. The molecule has 0 fully saturated rings. The normalized spacial score (nSPS) is 12.1. The molecule has 2 rings (SSSR count). The monoisotopic (exact) mass is 278 g/mol. The van der Waals surface area contributed by atoms with E-state index < -0.39 is 16.7 Å². The molecule has 2 heterocycles. The zero-order valence-electron chi connectivity index (χ0n) is 11.1. The van der Waals surface area contributed by atoms with Crippen molar-refractivity contribution >= 4 is 17.6 Å². The zero-order valence-corrected chi connectivity index (χ0v) is 11.1. The van der Waals surface area contributed by atoms with Crippen molar-refractivity contribution in [1.29, 1.82) is 0 Å². The van der Waals surface area contributed by atoms with Gasteiger partial charge in [-0.2, -0.15) is 5.10 Å². The van der Waals surface area contributed by atoms with E-state index in [4.69, 9.17) is 4.42 Å². The van der Waals surface area contributed by atoms with Gasteiger partial charge in [0.15, 0.2) is 5.76 Å². The Hall–Kier alpha value is -2.64. The third kappa shape index (κ3) is 2.68. The Morgan fingerprint density at radius 2 is 2.30 bits per heavy atom. The number of anilines is 1. The fourth-order valence-corrected chi connectivity index (χ4v) is 1.66. The highest BCUT2D eigenvalue weighted by Gasteiger charge is 2.19. The Morgan fingerprint density at radius 1 is 1.55 bits per heavy atom. The Bertz CT molecular complexity index is 631. The van der Waals surface area contributed by atoms with Gasteiger partial charge < -0.3 is 9.73 Å². The van der Waals surface area contributed by atoms with Crippen LogP contribution in [0.4, 0.5) is 11.7 Å². The molecule has 1 N–H and O–H groups in total. The highest BCUT2D eigenvalue weighted by molar-refractivity contribution is 6.01. The summed E-state index contributed by atoms with van der Waals surface area (Å²) in [5.41, 5.74) is 0. The Kier molecular flexibility index (Phi) is 3.83. The minimum atomic E-state index is -0.694. The number of rotatable bonds is 5.